The molecule has 0 saturated heterocycles. The second-order valence-electron chi connectivity index (χ2n) is 3.13. The lowest BCUT2D eigenvalue weighted by molar-refractivity contribution is 0.547. The number of thiazole rings is 1. The van der Waals surface area contributed by atoms with Crippen molar-refractivity contribution in [1.29, 1.82) is 0 Å². The third kappa shape index (κ3) is 1.08. The number of fused-ring (bicyclic) bond motifs is 1. The first-order chi connectivity index (χ1) is 6.83. The number of nitrogens with zero attached hydrogens (tertiary/aromatic N) is 2. The number of aryl methyl sites for hydroxylation is 1. The first kappa shape index (κ1) is 7.82. The Balaban J connectivity index is 2.18. The molecule has 14 heavy (non-hydrogen) atoms. The van der Waals surface area contributed by atoms with Crippen LogP contribution < -0.4 is 0 Å². The van der Waals surface area contributed by atoms with Crippen molar-refractivity contribution in [3.05, 3.63) is 35.7 Å². The Kier molecular flexibility index (Phi) is 1.52. The molecule has 0 aliphatic rings. The zero-order valence-corrected chi connectivity index (χ0v) is 8.41. The minimum atomic E-state index is 0.832. The highest BCUT2D eigenvalue weighted by Gasteiger charge is 2.07. The van der Waals surface area contributed by atoms with E-state index in [-0.39, 0.29) is 0 Å². The zero-order valence-electron chi connectivity index (χ0n) is 7.60. The van der Waals surface area contributed by atoms with Crippen LogP contribution in [0, 0.1) is 6.92 Å². The molecule has 0 N–H and O–H groups in total. The third-order valence-electron chi connectivity index (χ3n) is 2.09. The minimum absolute atomic E-state index is 0.832. The van der Waals surface area contributed by atoms with Crippen LogP contribution in [0.5, 0.6) is 0 Å². The molecular formula is C10H8N2OS. The van der Waals surface area contributed by atoms with E-state index in [1.807, 2.05) is 41.2 Å². The van der Waals surface area contributed by atoms with Gasteiger partial charge in [-0.05, 0) is 19.1 Å². The SMILES string of the molecule is Cc1ccc(-c2cn3ccsc3n2)o1. The van der Waals surface area contributed by atoms with Crippen molar-refractivity contribution >= 4 is 16.3 Å². The molecule has 3 aromatic rings. The predicted molar refractivity (Wildman–Crippen MR) is 55.5 cm³/mol. The molecule has 0 aromatic carbocycles. The van der Waals surface area contributed by atoms with Crippen LogP contribution >= 0.6 is 11.3 Å². The molecule has 4 heteroatoms. The van der Waals surface area contributed by atoms with Gasteiger partial charge in [0.1, 0.15) is 11.5 Å². The number of aromatic nitrogens is 2. The molecule has 70 valence electrons. The normalized spacial score (nSPS) is 11.2. The van der Waals surface area contributed by atoms with E-state index in [1.54, 1.807) is 11.3 Å². The van der Waals surface area contributed by atoms with Crippen LogP contribution in [0.1, 0.15) is 5.76 Å². The minimum Gasteiger partial charge on any atom is -0.460 e. The maximum absolute atomic E-state index is 5.50. The second-order valence-corrected chi connectivity index (χ2v) is 4.00. The molecule has 0 amide bonds. The molecule has 0 aliphatic carbocycles. The van der Waals surface area contributed by atoms with Gasteiger partial charge in [-0.2, -0.15) is 0 Å². The smallest absolute Gasteiger partial charge is 0.194 e. The average Bonchev–Trinajstić information content (AvgIpc) is 2.75. The summed E-state index contributed by atoms with van der Waals surface area (Å²) in [6.45, 7) is 1.93. The van der Waals surface area contributed by atoms with Crippen LogP contribution in [-0.4, -0.2) is 9.38 Å². The lowest BCUT2D eigenvalue weighted by Gasteiger charge is -1.86. The van der Waals surface area contributed by atoms with Crippen molar-refractivity contribution < 1.29 is 4.42 Å². The Bertz CT molecular complexity index is 547. The molecule has 3 nitrogen and oxygen atoms in total. The molecule has 0 bridgehead atoms. The molecule has 3 heterocycles. The fourth-order valence-corrected chi connectivity index (χ4v) is 2.12. The van der Waals surface area contributed by atoms with Gasteiger partial charge in [0.25, 0.3) is 0 Å². The number of rotatable bonds is 1. The Labute approximate surface area is 84.6 Å². The van der Waals surface area contributed by atoms with Gasteiger partial charge in [0, 0.05) is 17.8 Å². The molecule has 0 spiro atoms. The van der Waals surface area contributed by atoms with E-state index >= 15 is 0 Å². The summed E-state index contributed by atoms with van der Waals surface area (Å²) in [5, 5.41) is 2.01. The van der Waals surface area contributed by atoms with Crippen molar-refractivity contribution in [2.75, 3.05) is 0 Å². The molecule has 0 atom stereocenters. The Morgan fingerprint density at radius 2 is 2.36 bits per heavy atom. The molecule has 0 fully saturated rings. The quantitative estimate of drug-likeness (QED) is 0.610. The van der Waals surface area contributed by atoms with Crippen molar-refractivity contribution in [3.8, 4) is 11.5 Å². The summed E-state index contributed by atoms with van der Waals surface area (Å²) in [5.74, 6) is 1.75. The molecule has 3 rings (SSSR count). The van der Waals surface area contributed by atoms with E-state index in [0.717, 1.165) is 22.2 Å². The predicted octanol–water partition coefficient (Wildman–Crippen LogP) is 2.96. The number of hydrogen-bond acceptors (Lipinski definition) is 3. The first-order valence-corrected chi connectivity index (χ1v) is 5.20. The summed E-state index contributed by atoms with van der Waals surface area (Å²) in [4.78, 5) is 5.44. The molecular weight excluding hydrogens is 196 g/mol. The highest BCUT2D eigenvalue weighted by atomic mass is 32.1. The summed E-state index contributed by atoms with van der Waals surface area (Å²) in [6, 6.07) is 3.89. The average molecular weight is 204 g/mol. The lowest BCUT2D eigenvalue weighted by Crippen LogP contribution is -1.70. The van der Waals surface area contributed by atoms with Crippen LogP contribution in [0.15, 0.2) is 34.3 Å². The van der Waals surface area contributed by atoms with Crippen molar-refractivity contribution in [1.82, 2.24) is 9.38 Å². The van der Waals surface area contributed by atoms with Gasteiger partial charge < -0.3 is 4.42 Å². The van der Waals surface area contributed by atoms with Crippen LogP contribution in [0.4, 0.5) is 0 Å². The maximum atomic E-state index is 5.50. The monoisotopic (exact) mass is 204 g/mol. The summed E-state index contributed by atoms with van der Waals surface area (Å²) < 4.78 is 7.50. The van der Waals surface area contributed by atoms with E-state index in [0.29, 0.717) is 0 Å². The van der Waals surface area contributed by atoms with Crippen molar-refractivity contribution in [2.24, 2.45) is 0 Å². The van der Waals surface area contributed by atoms with Gasteiger partial charge in [-0.15, -0.1) is 11.3 Å². The number of imidazole rings is 1. The fourth-order valence-electron chi connectivity index (χ4n) is 1.42. The Morgan fingerprint density at radius 3 is 3.07 bits per heavy atom. The van der Waals surface area contributed by atoms with Gasteiger partial charge in [0.15, 0.2) is 10.7 Å². The molecule has 0 radical (unpaired) electrons. The van der Waals surface area contributed by atoms with Gasteiger partial charge in [-0.25, -0.2) is 4.98 Å². The lowest BCUT2D eigenvalue weighted by atomic mass is 10.3. The van der Waals surface area contributed by atoms with Gasteiger partial charge in [0.2, 0.25) is 0 Å². The van der Waals surface area contributed by atoms with E-state index in [4.69, 9.17) is 4.42 Å². The largest absolute Gasteiger partial charge is 0.460 e. The Hall–Kier alpha value is -1.55. The fraction of sp³-hybridized carbons (Fsp3) is 0.100. The van der Waals surface area contributed by atoms with Crippen LogP contribution in [0.3, 0.4) is 0 Å². The zero-order chi connectivity index (χ0) is 9.54. The highest BCUT2D eigenvalue weighted by molar-refractivity contribution is 7.15. The van der Waals surface area contributed by atoms with E-state index < -0.39 is 0 Å². The third-order valence-corrected chi connectivity index (χ3v) is 2.86. The second kappa shape index (κ2) is 2.72. The number of furan rings is 1. The molecule has 0 aliphatic heterocycles. The summed E-state index contributed by atoms with van der Waals surface area (Å²) in [7, 11) is 0. The van der Waals surface area contributed by atoms with Crippen molar-refractivity contribution in [3.63, 3.8) is 0 Å². The van der Waals surface area contributed by atoms with Crippen molar-refractivity contribution in [2.45, 2.75) is 6.92 Å². The van der Waals surface area contributed by atoms with Gasteiger partial charge in [-0.3, -0.25) is 4.40 Å². The standard InChI is InChI=1S/C10H8N2OS/c1-7-2-3-9(13-7)8-6-12-4-5-14-10(12)11-8/h2-6H,1H3. The van der Waals surface area contributed by atoms with E-state index in [2.05, 4.69) is 4.98 Å². The molecule has 0 saturated carbocycles. The van der Waals surface area contributed by atoms with Crippen LogP contribution in [0.2, 0.25) is 0 Å². The number of hydrogen-bond donors (Lipinski definition) is 0. The van der Waals surface area contributed by atoms with Gasteiger partial charge in [-0.1, -0.05) is 0 Å². The summed E-state index contributed by atoms with van der Waals surface area (Å²) >= 11 is 1.62. The molecule has 0 unspecified atom stereocenters. The van der Waals surface area contributed by atoms with Gasteiger partial charge in [0.05, 0.1) is 0 Å². The first-order valence-electron chi connectivity index (χ1n) is 4.32. The summed E-state index contributed by atoms with van der Waals surface area (Å²) in [6.07, 6.45) is 3.97. The van der Waals surface area contributed by atoms with Crippen LogP contribution in [-0.2, 0) is 0 Å². The molecule has 3 aromatic heterocycles. The van der Waals surface area contributed by atoms with E-state index in [9.17, 15) is 0 Å². The summed E-state index contributed by atoms with van der Waals surface area (Å²) in [5.41, 5.74) is 0.893. The van der Waals surface area contributed by atoms with E-state index in [1.165, 1.54) is 0 Å². The van der Waals surface area contributed by atoms with Crippen LogP contribution in [0.25, 0.3) is 16.4 Å². The maximum Gasteiger partial charge on any atom is 0.194 e. The highest BCUT2D eigenvalue weighted by Crippen LogP contribution is 2.22. The van der Waals surface area contributed by atoms with Gasteiger partial charge >= 0.3 is 0 Å². The Morgan fingerprint density at radius 1 is 1.43 bits per heavy atom. The topological polar surface area (TPSA) is 30.4 Å².